The van der Waals surface area contributed by atoms with E-state index in [1.54, 1.807) is 0 Å². The van der Waals surface area contributed by atoms with Gasteiger partial charge in [-0.25, -0.2) is 4.68 Å². The molecule has 5 nitrogen and oxygen atoms in total. The van der Waals surface area contributed by atoms with Crippen molar-refractivity contribution in [2.45, 2.75) is 20.4 Å². The normalized spacial score (nSPS) is 15.8. The third-order valence-electron chi connectivity index (χ3n) is 4.20. The first-order valence-corrected chi connectivity index (χ1v) is 8.01. The Kier molecular flexibility index (Phi) is 4.06. The van der Waals surface area contributed by atoms with E-state index < -0.39 is 5.97 Å². The second kappa shape index (κ2) is 5.85. The zero-order valence-electron chi connectivity index (χ0n) is 12.6. The number of carbonyl (C=O) groups is 1. The predicted octanol–water partition coefficient (Wildman–Crippen LogP) is 2.77. The van der Waals surface area contributed by atoms with Gasteiger partial charge in [0.2, 0.25) is 0 Å². The highest BCUT2D eigenvalue weighted by atomic mass is 79.9. The molecule has 116 valence electrons. The largest absolute Gasteiger partial charge is 0.481 e. The highest BCUT2D eigenvalue weighted by molar-refractivity contribution is 9.10. The fourth-order valence-electron chi connectivity index (χ4n) is 2.82. The first-order chi connectivity index (χ1) is 10.5. The first kappa shape index (κ1) is 15.2. The molecule has 6 heteroatoms. The van der Waals surface area contributed by atoms with E-state index in [-0.39, 0.29) is 5.92 Å². The smallest absolute Gasteiger partial charge is 0.309 e. The molecule has 1 aliphatic rings. The van der Waals surface area contributed by atoms with Crippen molar-refractivity contribution in [3.8, 4) is 5.69 Å². The Bertz CT molecular complexity index is 703. The molecule has 1 fully saturated rings. The van der Waals surface area contributed by atoms with Gasteiger partial charge in [0.05, 0.1) is 17.3 Å². The van der Waals surface area contributed by atoms with Crippen LogP contribution < -0.4 is 0 Å². The summed E-state index contributed by atoms with van der Waals surface area (Å²) in [7, 11) is 0. The summed E-state index contributed by atoms with van der Waals surface area (Å²) in [5, 5.41) is 13.6. The van der Waals surface area contributed by atoms with Crippen molar-refractivity contribution >= 4 is 21.9 Å². The minimum absolute atomic E-state index is 0.220. The number of benzene rings is 1. The summed E-state index contributed by atoms with van der Waals surface area (Å²) in [4.78, 5) is 13.0. The van der Waals surface area contributed by atoms with Crippen molar-refractivity contribution in [1.82, 2.24) is 14.7 Å². The minimum atomic E-state index is -0.699. The van der Waals surface area contributed by atoms with Crippen LogP contribution in [0.3, 0.4) is 0 Å². The lowest BCUT2D eigenvalue weighted by Gasteiger charge is -2.36. The van der Waals surface area contributed by atoms with Crippen molar-refractivity contribution in [3.63, 3.8) is 0 Å². The second-order valence-electron chi connectivity index (χ2n) is 5.77. The molecule has 1 aromatic carbocycles. The Labute approximate surface area is 137 Å². The summed E-state index contributed by atoms with van der Waals surface area (Å²) in [6, 6.07) is 8.05. The van der Waals surface area contributed by atoms with E-state index in [1.165, 1.54) is 5.56 Å². The third kappa shape index (κ3) is 2.80. The second-order valence-corrected chi connectivity index (χ2v) is 6.68. The summed E-state index contributed by atoms with van der Waals surface area (Å²) in [5.41, 5.74) is 4.33. The number of halogens is 1. The van der Waals surface area contributed by atoms with E-state index in [0.717, 1.165) is 28.1 Å². The Morgan fingerprint density at radius 2 is 1.95 bits per heavy atom. The molecule has 3 rings (SSSR count). The Morgan fingerprint density at radius 1 is 1.32 bits per heavy atom. The molecule has 1 N–H and O–H groups in total. The molecule has 0 saturated carbocycles. The molecule has 0 spiro atoms. The van der Waals surface area contributed by atoms with Crippen molar-refractivity contribution in [1.29, 1.82) is 0 Å². The van der Waals surface area contributed by atoms with Crippen LogP contribution in [-0.2, 0) is 11.3 Å². The highest BCUT2D eigenvalue weighted by Crippen LogP contribution is 2.24. The zero-order valence-corrected chi connectivity index (χ0v) is 14.2. The Morgan fingerprint density at radius 3 is 2.55 bits per heavy atom. The van der Waals surface area contributed by atoms with Crippen molar-refractivity contribution in [2.75, 3.05) is 13.1 Å². The lowest BCUT2D eigenvalue weighted by atomic mass is 9.99. The van der Waals surface area contributed by atoms with Crippen LogP contribution in [0.25, 0.3) is 5.69 Å². The molecule has 2 heterocycles. The van der Waals surface area contributed by atoms with Gasteiger partial charge in [0.1, 0.15) is 0 Å². The summed E-state index contributed by atoms with van der Waals surface area (Å²) >= 11 is 3.44. The monoisotopic (exact) mass is 363 g/mol. The standard InChI is InChI=1S/C16H18BrN3O2/c1-10-15(9-19-7-12(8-19)16(21)22)11(2)20(18-10)14-5-3-13(17)4-6-14/h3-6,12H,7-9H2,1-2H3,(H,21,22). The molecule has 0 radical (unpaired) electrons. The quantitative estimate of drug-likeness (QED) is 0.907. The molecule has 0 unspecified atom stereocenters. The van der Waals surface area contributed by atoms with E-state index >= 15 is 0 Å². The fraction of sp³-hybridized carbons (Fsp3) is 0.375. The van der Waals surface area contributed by atoms with Gasteiger partial charge in [-0.15, -0.1) is 0 Å². The van der Waals surface area contributed by atoms with Crippen molar-refractivity contribution < 1.29 is 9.90 Å². The predicted molar refractivity (Wildman–Crippen MR) is 87.1 cm³/mol. The molecule has 0 atom stereocenters. The van der Waals surface area contributed by atoms with Gasteiger partial charge in [0.25, 0.3) is 0 Å². The topological polar surface area (TPSA) is 58.4 Å². The van der Waals surface area contributed by atoms with Gasteiger partial charge in [-0.2, -0.15) is 5.10 Å². The number of rotatable bonds is 4. The number of carboxylic acids is 1. The summed E-state index contributed by atoms with van der Waals surface area (Å²) < 4.78 is 2.99. The van der Waals surface area contributed by atoms with E-state index in [1.807, 2.05) is 35.9 Å². The summed E-state index contributed by atoms with van der Waals surface area (Å²) in [6.45, 7) is 6.07. The van der Waals surface area contributed by atoms with Crippen LogP contribution in [0.1, 0.15) is 17.0 Å². The Balaban J connectivity index is 1.79. The third-order valence-corrected chi connectivity index (χ3v) is 4.73. The number of carboxylic acid groups (broad SMARTS) is 1. The average Bonchev–Trinajstić information content (AvgIpc) is 2.70. The average molecular weight is 364 g/mol. The molecule has 2 aromatic rings. The number of hydrogen-bond donors (Lipinski definition) is 1. The molecule has 0 amide bonds. The van der Waals surface area contributed by atoms with E-state index in [4.69, 9.17) is 5.11 Å². The van der Waals surface area contributed by atoms with Crippen LogP contribution in [0.4, 0.5) is 0 Å². The van der Waals surface area contributed by atoms with Crippen molar-refractivity contribution in [3.05, 3.63) is 45.7 Å². The Hall–Kier alpha value is -1.66. The summed E-state index contributed by atoms with van der Waals surface area (Å²) in [5.74, 6) is -0.919. The SMILES string of the molecule is Cc1nn(-c2ccc(Br)cc2)c(C)c1CN1CC(C(=O)O)C1. The van der Waals surface area contributed by atoms with E-state index in [9.17, 15) is 4.79 Å². The molecule has 1 saturated heterocycles. The first-order valence-electron chi connectivity index (χ1n) is 7.22. The number of aryl methyl sites for hydroxylation is 1. The molecular formula is C16H18BrN3O2. The van der Waals surface area contributed by atoms with Gasteiger partial charge in [0, 0.05) is 35.4 Å². The lowest BCUT2D eigenvalue weighted by molar-refractivity contribution is -0.147. The van der Waals surface area contributed by atoms with Crippen LogP contribution in [0.15, 0.2) is 28.7 Å². The molecule has 1 aliphatic heterocycles. The van der Waals surface area contributed by atoms with Gasteiger partial charge in [0.15, 0.2) is 0 Å². The van der Waals surface area contributed by atoms with E-state index in [2.05, 4.69) is 32.9 Å². The molecule has 1 aromatic heterocycles. The van der Waals surface area contributed by atoms with E-state index in [0.29, 0.717) is 13.1 Å². The van der Waals surface area contributed by atoms with Crippen molar-refractivity contribution in [2.24, 2.45) is 5.92 Å². The number of aliphatic carboxylic acids is 1. The molecule has 22 heavy (non-hydrogen) atoms. The maximum Gasteiger partial charge on any atom is 0.309 e. The molecule has 0 bridgehead atoms. The fourth-order valence-corrected chi connectivity index (χ4v) is 3.08. The van der Waals surface area contributed by atoms with Gasteiger partial charge in [-0.05, 0) is 38.1 Å². The van der Waals surface area contributed by atoms with Gasteiger partial charge < -0.3 is 5.11 Å². The van der Waals surface area contributed by atoms with Crippen LogP contribution in [0.2, 0.25) is 0 Å². The molecular weight excluding hydrogens is 346 g/mol. The van der Waals surface area contributed by atoms with Crippen LogP contribution >= 0.6 is 15.9 Å². The van der Waals surface area contributed by atoms with Gasteiger partial charge >= 0.3 is 5.97 Å². The zero-order chi connectivity index (χ0) is 15.9. The maximum atomic E-state index is 10.9. The van der Waals surface area contributed by atoms with Crippen LogP contribution in [0.5, 0.6) is 0 Å². The van der Waals surface area contributed by atoms with Gasteiger partial charge in [-0.3, -0.25) is 9.69 Å². The van der Waals surface area contributed by atoms with Gasteiger partial charge in [-0.1, -0.05) is 15.9 Å². The number of nitrogens with zero attached hydrogens (tertiary/aromatic N) is 3. The van der Waals surface area contributed by atoms with Crippen LogP contribution in [0, 0.1) is 19.8 Å². The maximum absolute atomic E-state index is 10.9. The molecule has 0 aliphatic carbocycles. The lowest BCUT2D eigenvalue weighted by Crippen LogP contribution is -2.49. The summed E-state index contributed by atoms with van der Waals surface area (Å²) in [6.07, 6.45) is 0. The van der Waals surface area contributed by atoms with Crippen LogP contribution in [-0.4, -0.2) is 38.8 Å². The highest BCUT2D eigenvalue weighted by Gasteiger charge is 2.33. The number of aromatic nitrogens is 2. The number of likely N-dealkylation sites (tertiary alicyclic amines) is 1. The number of hydrogen-bond acceptors (Lipinski definition) is 3. The minimum Gasteiger partial charge on any atom is -0.481 e.